The van der Waals surface area contributed by atoms with Crippen molar-refractivity contribution in [1.29, 1.82) is 0 Å². The summed E-state index contributed by atoms with van der Waals surface area (Å²) < 4.78 is 11.9. The van der Waals surface area contributed by atoms with E-state index in [1.54, 1.807) is 29.5 Å². The lowest BCUT2D eigenvalue weighted by Gasteiger charge is -1.96. The number of halogens is 1. The predicted octanol–water partition coefficient (Wildman–Crippen LogP) is 6.03. The minimum absolute atomic E-state index is 0.178. The summed E-state index contributed by atoms with van der Waals surface area (Å²) in [6, 6.07) is 14.4. The van der Waals surface area contributed by atoms with Gasteiger partial charge in [0.1, 0.15) is 5.82 Å². The molecule has 0 fully saturated rings. The third-order valence-corrected chi connectivity index (χ3v) is 4.60. The first-order valence-corrected chi connectivity index (χ1v) is 7.99. The number of benzene rings is 1. The average Bonchev–Trinajstić information content (AvgIpc) is 3.11. The Morgan fingerprint density at radius 2 is 1.75 bits per heavy atom. The van der Waals surface area contributed by atoms with Gasteiger partial charge < -0.3 is 0 Å². The van der Waals surface area contributed by atoms with Crippen LogP contribution in [-0.2, 0) is 6.42 Å². The van der Waals surface area contributed by atoms with Crippen molar-refractivity contribution in [3.05, 3.63) is 83.3 Å². The average molecular weight is 302 g/mol. The molecular formula is C17H15FS2. The molecule has 0 bridgehead atoms. The minimum atomic E-state index is -0.178. The van der Waals surface area contributed by atoms with Gasteiger partial charge in [-0.05, 0) is 47.0 Å². The van der Waals surface area contributed by atoms with E-state index in [1.807, 2.05) is 17.4 Å². The summed E-state index contributed by atoms with van der Waals surface area (Å²) >= 11 is 3.61. The monoisotopic (exact) mass is 302 g/mol. The molecular weight excluding hydrogens is 287 g/mol. The normalized spacial score (nSPS) is 9.65. The first kappa shape index (κ1) is 14.7. The molecule has 2 heterocycles. The number of hydrogen-bond donors (Lipinski definition) is 0. The zero-order chi connectivity index (χ0) is 14.2. The van der Waals surface area contributed by atoms with Crippen LogP contribution in [0.5, 0.6) is 0 Å². The van der Waals surface area contributed by atoms with E-state index in [2.05, 4.69) is 35.5 Å². The van der Waals surface area contributed by atoms with Gasteiger partial charge in [-0.15, -0.1) is 29.3 Å². The molecule has 0 radical (unpaired) electrons. The molecule has 3 aromatic rings. The van der Waals surface area contributed by atoms with E-state index in [4.69, 9.17) is 0 Å². The maximum atomic E-state index is 11.9. The second-order valence-electron chi connectivity index (χ2n) is 4.04. The van der Waals surface area contributed by atoms with Crippen molar-refractivity contribution in [2.24, 2.45) is 0 Å². The van der Waals surface area contributed by atoms with Crippen LogP contribution in [0.4, 0.5) is 4.39 Å². The Kier molecular flexibility index (Phi) is 5.71. The van der Waals surface area contributed by atoms with E-state index in [0.29, 0.717) is 0 Å². The van der Waals surface area contributed by atoms with Crippen molar-refractivity contribution < 1.29 is 4.39 Å². The Morgan fingerprint density at radius 1 is 0.950 bits per heavy atom. The van der Waals surface area contributed by atoms with E-state index in [1.165, 1.54) is 27.5 Å². The van der Waals surface area contributed by atoms with Crippen molar-refractivity contribution in [3.8, 4) is 9.75 Å². The third kappa shape index (κ3) is 4.15. The summed E-state index contributed by atoms with van der Waals surface area (Å²) in [6.45, 7) is 3.77. The first-order valence-electron chi connectivity index (χ1n) is 6.23. The number of hydrogen-bond acceptors (Lipinski definition) is 2. The van der Waals surface area contributed by atoms with Gasteiger partial charge in [-0.3, -0.25) is 0 Å². The van der Waals surface area contributed by atoms with Gasteiger partial charge in [-0.2, -0.15) is 0 Å². The van der Waals surface area contributed by atoms with E-state index >= 15 is 0 Å². The van der Waals surface area contributed by atoms with E-state index in [-0.39, 0.29) is 5.82 Å². The van der Waals surface area contributed by atoms with Gasteiger partial charge in [0.05, 0.1) is 0 Å². The molecule has 0 aliphatic heterocycles. The van der Waals surface area contributed by atoms with Crippen LogP contribution in [-0.4, -0.2) is 0 Å². The van der Waals surface area contributed by atoms with Gasteiger partial charge in [-0.1, -0.05) is 30.3 Å². The lowest BCUT2D eigenvalue weighted by Crippen LogP contribution is -1.77. The highest BCUT2D eigenvalue weighted by Crippen LogP contribution is 2.33. The van der Waals surface area contributed by atoms with Crippen molar-refractivity contribution >= 4 is 22.7 Å². The summed E-state index contributed by atoms with van der Waals surface area (Å²) in [5.41, 5.74) is 1.39. The summed E-state index contributed by atoms with van der Waals surface area (Å²) in [4.78, 5) is 2.77. The molecule has 0 aliphatic rings. The molecule has 3 heteroatoms. The van der Waals surface area contributed by atoms with E-state index < -0.39 is 0 Å². The van der Waals surface area contributed by atoms with Gasteiger partial charge in [-0.25, -0.2) is 4.39 Å². The highest BCUT2D eigenvalue weighted by Gasteiger charge is 2.05. The lowest BCUT2D eigenvalue weighted by molar-refractivity contribution is 0.628. The maximum absolute atomic E-state index is 11.9. The van der Waals surface area contributed by atoms with Crippen LogP contribution in [0.2, 0.25) is 0 Å². The summed E-state index contributed by atoms with van der Waals surface area (Å²) in [7, 11) is 0. The molecule has 0 saturated heterocycles. The summed E-state index contributed by atoms with van der Waals surface area (Å²) in [5, 5.41) is 4.26. The zero-order valence-corrected chi connectivity index (χ0v) is 12.6. The number of thiophene rings is 2. The Hall–Kier alpha value is -1.71. The molecule has 0 nitrogen and oxygen atoms in total. The predicted molar refractivity (Wildman–Crippen MR) is 87.9 cm³/mol. The van der Waals surface area contributed by atoms with Crippen molar-refractivity contribution in [1.82, 2.24) is 0 Å². The summed E-state index contributed by atoms with van der Waals surface area (Å²) in [6.07, 6.45) is 2.93. The van der Waals surface area contributed by atoms with Crippen molar-refractivity contribution in [2.45, 2.75) is 6.42 Å². The molecule has 0 unspecified atom stereocenters. The summed E-state index contributed by atoms with van der Waals surface area (Å²) in [5.74, 6) is -0.178. The zero-order valence-electron chi connectivity index (χ0n) is 11.0. The molecule has 0 spiro atoms. The minimum Gasteiger partial charge on any atom is -0.207 e. The fourth-order valence-corrected chi connectivity index (χ4v) is 3.53. The van der Waals surface area contributed by atoms with Crippen LogP contribution in [0.1, 0.15) is 5.56 Å². The van der Waals surface area contributed by atoms with Crippen molar-refractivity contribution in [2.75, 3.05) is 0 Å². The van der Waals surface area contributed by atoms with Gasteiger partial charge in [0, 0.05) is 9.75 Å². The van der Waals surface area contributed by atoms with Gasteiger partial charge >= 0.3 is 0 Å². The molecule has 2 aromatic heterocycles. The largest absolute Gasteiger partial charge is 0.207 e. The van der Waals surface area contributed by atoms with Crippen LogP contribution in [0.25, 0.3) is 9.75 Å². The van der Waals surface area contributed by atoms with Gasteiger partial charge in [0.15, 0.2) is 0 Å². The highest BCUT2D eigenvalue weighted by atomic mass is 32.1. The Labute approximate surface area is 126 Å². The number of allylic oxidation sites excluding steroid dienone is 1. The standard InChI is InChI=1S/C11H10S2.C6H5F/c1-2-4-9-6-8-13-11(9)10-5-3-7-12-10;7-6-4-2-1-3-5-6/h2-3,5-8H,1,4H2;1-5H. The quantitative estimate of drug-likeness (QED) is 0.518. The van der Waals surface area contributed by atoms with Gasteiger partial charge in [0.25, 0.3) is 0 Å². The second kappa shape index (κ2) is 7.78. The molecule has 3 rings (SSSR count). The van der Waals surface area contributed by atoms with E-state index in [9.17, 15) is 4.39 Å². The maximum Gasteiger partial charge on any atom is 0.123 e. The highest BCUT2D eigenvalue weighted by molar-refractivity contribution is 7.20. The van der Waals surface area contributed by atoms with E-state index in [0.717, 1.165) is 6.42 Å². The van der Waals surface area contributed by atoms with Crippen molar-refractivity contribution in [3.63, 3.8) is 0 Å². The molecule has 0 atom stereocenters. The first-order chi connectivity index (χ1) is 9.81. The van der Waals surface area contributed by atoms with Crippen LogP contribution in [0.3, 0.4) is 0 Å². The smallest absolute Gasteiger partial charge is 0.123 e. The Balaban J connectivity index is 0.000000178. The van der Waals surface area contributed by atoms with Crippen LogP contribution in [0.15, 0.2) is 71.9 Å². The molecule has 1 aromatic carbocycles. The SMILES string of the molecule is C=CCc1ccsc1-c1cccs1.Fc1ccccc1. The molecule has 0 saturated carbocycles. The fourth-order valence-electron chi connectivity index (χ4n) is 1.69. The molecule has 102 valence electrons. The molecule has 0 aliphatic carbocycles. The second-order valence-corrected chi connectivity index (χ2v) is 5.90. The lowest BCUT2D eigenvalue weighted by atomic mass is 10.2. The number of rotatable bonds is 3. The topological polar surface area (TPSA) is 0 Å². The van der Waals surface area contributed by atoms with Crippen LogP contribution in [0, 0.1) is 5.82 Å². The van der Waals surface area contributed by atoms with Crippen LogP contribution >= 0.6 is 22.7 Å². The fraction of sp³-hybridized carbons (Fsp3) is 0.0588. The van der Waals surface area contributed by atoms with Gasteiger partial charge in [0.2, 0.25) is 0 Å². The molecule has 0 amide bonds. The Morgan fingerprint density at radius 3 is 2.30 bits per heavy atom. The van der Waals surface area contributed by atoms with Crippen LogP contribution < -0.4 is 0 Å². The molecule has 20 heavy (non-hydrogen) atoms. The Bertz CT molecular complexity index is 624. The third-order valence-electron chi connectivity index (χ3n) is 2.59. The molecule has 0 N–H and O–H groups in total.